The van der Waals surface area contributed by atoms with Gasteiger partial charge in [0.2, 0.25) is 0 Å². The minimum absolute atomic E-state index is 0.221. The fourth-order valence-electron chi connectivity index (χ4n) is 9.12. The van der Waals surface area contributed by atoms with Gasteiger partial charge in [-0.3, -0.25) is 9.36 Å². The lowest BCUT2D eigenvalue weighted by Gasteiger charge is -2.62. The molecule has 0 radical (unpaired) electrons. The van der Waals surface area contributed by atoms with Gasteiger partial charge in [0, 0.05) is 5.92 Å². The van der Waals surface area contributed by atoms with E-state index in [1.807, 2.05) is 37.3 Å². The van der Waals surface area contributed by atoms with E-state index in [2.05, 4.69) is 20.8 Å². The van der Waals surface area contributed by atoms with Crippen molar-refractivity contribution in [3.8, 4) is 0 Å². The number of carbonyl (C=O) groups is 1. The van der Waals surface area contributed by atoms with Crippen LogP contribution in [0.5, 0.6) is 0 Å². The molecule has 0 aromatic heterocycles. The monoisotopic (exact) mass is 486 g/mol. The first-order valence-corrected chi connectivity index (χ1v) is 14.8. The molecule has 0 amide bonds. The minimum Gasteiger partial charge on any atom is -0.306 e. The van der Waals surface area contributed by atoms with E-state index in [0.717, 1.165) is 43.1 Å². The van der Waals surface area contributed by atoms with E-state index in [9.17, 15) is 9.36 Å². The molecule has 4 aliphatic carbocycles. The zero-order valence-electron chi connectivity index (χ0n) is 21.5. The van der Waals surface area contributed by atoms with E-state index in [0.29, 0.717) is 29.6 Å². The molecule has 34 heavy (non-hydrogen) atoms. The summed E-state index contributed by atoms with van der Waals surface area (Å²) in [5, 5.41) is 0. The van der Waals surface area contributed by atoms with Crippen LogP contribution in [0.3, 0.4) is 0 Å². The highest BCUT2D eigenvalue weighted by molar-refractivity contribution is 7.33. The number of ketones is 1. The van der Waals surface area contributed by atoms with Crippen LogP contribution in [0, 0.1) is 40.4 Å². The van der Waals surface area contributed by atoms with Crippen molar-refractivity contribution in [3.63, 3.8) is 0 Å². The molecular formula is C29H43O4P. The molecule has 0 saturated heterocycles. The second-order valence-electron chi connectivity index (χ2n) is 12.7. The Labute approximate surface area is 206 Å². The lowest BCUT2D eigenvalue weighted by Crippen LogP contribution is -2.55. The second-order valence-corrected chi connectivity index (χ2v) is 13.7. The van der Waals surface area contributed by atoms with Crippen LogP contribution in [0.4, 0.5) is 0 Å². The summed E-state index contributed by atoms with van der Waals surface area (Å²) in [7, 11) is -2.54. The number of fused-ring (bicyclic) bond motifs is 5. The van der Waals surface area contributed by atoms with Gasteiger partial charge in [0.15, 0.2) is 0 Å². The standard InChI is InChI=1S/C29H43O4P/c1-20(30)24-12-13-25-23-11-10-22-18-27(2,33-34(31)32-19-21-8-6-5-7-9-21)16-17-28(22,3)26(23)14-15-29(24,25)4/h5-9,22-26,34H,10-19H2,1-4H3/t22?,23?,24-,25?,26?,27-,28+,29-/m1/s1. The molecule has 4 saturated carbocycles. The van der Waals surface area contributed by atoms with E-state index in [4.69, 9.17) is 9.05 Å². The zero-order chi connectivity index (χ0) is 24.1. The van der Waals surface area contributed by atoms with E-state index >= 15 is 0 Å². The fraction of sp³-hybridized carbons (Fsp3) is 0.759. The number of Topliss-reactive ketones (excluding diaryl/α,β-unsaturated/α-hetero) is 1. The molecule has 1 aromatic rings. The predicted molar refractivity (Wildman–Crippen MR) is 136 cm³/mol. The molecule has 0 N–H and O–H groups in total. The molecule has 5 heteroatoms. The summed E-state index contributed by atoms with van der Waals surface area (Å²) in [5.74, 6) is 3.55. The Morgan fingerprint density at radius 1 is 0.941 bits per heavy atom. The van der Waals surface area contributed by atoms with Gasteiger partial charge < -0.3 is 9.05 Å². The van der Waals surface area contributed by atoms with Crippen LogP contribution in [0.1, 0.15) is 91.0 Å². The van der Waals surface area contributed by atoms with Crippen molar-refractivity contribution in [2.75, 3.05) is 0 Å². The highest BCUT2D eigenvalue weighted by Gasteiger charge is 2.61. The van der Waals surface area contributed by atoms with Crippen molar-refractivity contribution in [1.29, 1.82) is 0 Å². The van der Waals surface area contributed by atoms with E-state index in [1.165, 1.54) is 32.1 Å². The van der Waals surface area contributed by atoms with Crippen LogP contribution in [0.2, 0.25) is 0 Å². The quantitative estimate of drug-likeness (QED) is 0.388. The molecule has 1 aromatic carbocycles. The summed E-state index contributed by atoms with van der Waals surface area (Å²) in [6, 6.07) is 9.88. The number of hydrogen-bond acceptors (Lipinski definition) is 4. The molecule has 9 atom stereocenters. The Morgan fingerprint density at radius 3 is 2.41 bits per heavy atom. The smallest absolute Gasteiger partial charge is 0.306 e. The Bertz CT molecular complexity index is 933. The van der Waals surface area contributed by atoms with Crippen LogP contribution in [0.25, 0.3) is 0 Å². The molecule has 4 nitrogen and oxygen atoms in total. The summed E-state index contributed by atoms with van der Waals surface area (Å²) < 4.78 is 24.5. The first-order valence-electron chi connectivity index (χ1n) is 13.5. The Balaban J connectivity index is 1.23. The lowest BCUT2D eigenvalue weighted by molar-refractivity contribution is -0.146. The van der Waals surface area contributed by atoms with Crippen LogP contribution in [0.15, 0.2) is 30.3 Å². The third-order valence-electron chi connectivity index (χ3n) is 11.0. The molecule has 188 valence electrons. The second kappa shape index (κ2) is 9.16. The molecule has 4 fully saturated rings. The lowest BCUT2D eigenvalue weighted by atomic mass is 9.44. The largest absolute Gasteiger partial charge is 0.319 e. The molecule has 5 rings (SSSR count). The van der Waals surface area contributed by atoms with Gasteiger partial charge in [0.25, 0.3) is 0 Å². The van der Waals surface area contributed by atoms with E-state index in [1.54, 1.807) is 0 Å². The van der Waals surface area contributed by atoms with Crippen LogP contribution >= 0.6 is 8.25 Å². The van der Waals surface area contributed by atoms with Gasteiger partial charge >= 0.3 is 8.25 Å². The number of benzene rings is 1. The number of rotatable bonds is 6. The maximum absolute atomic E-state index is 12.7. The third-order valence-corrected chi connectivity index (χ3v) is 12.0. The fourth-order valence-corrected chi connectivity index (χ4v) is 10.1. The third kappa shape index (κ3) is 4.27. The minimum atomic E-state index is -2.54. The molecule has 0 heterocycles. The Hall–Kier alpha value is -0.960. The van der Waals surface area contributed by atoms with E-state index < -0.39 is 8.25 Å². The van der Waals surface area contributed by atoms with Gasteiger partial charge in [-0.15, -0.1) is 0 Å². The average Bonchev–Trinajstić information content (AvgIpc) is 3.16. The summed E-state index contributed by atoms with van der Waals surface area (Å²) >= 11 is 0. The van der Waals surface area contributed by atoms with Gasteiger partial charge in [-0.1, -0.05) is 44.2 Å². The van der Waals surface area contributed by atoms with Gasteiger partial charge in [-0.2, -0.15) is 0 Å². The Morgan fingerprint density at radius 2 is 1.68 bits per heavy atom. The van der Waals surface area contributed by atoms with Crippen molar-refractivity contribution in [1.82, 2.24) is 0 Å². The van der Waals surface area contributed by atoms with Gasteiger partial charge in [0.05, 0.1) is 12.2 Å². The maximum Gasteiger partial charge on any atom is 0.319 e. The van der Waals surface area contributed by atoms with Crippen LogP contribution < -0.4 is 0 Å². The van der Waals surface area contributed by atoms with Gasteiger partial charge in [-0.05, 0) is 112 Å². The topological polar surface area (TPSA) is 52.6 Å². The predicted octanol–water partition coefficient (Wildman–Crippen LogP) is 7.62. The zero-order valence-corrected chi connectivity index (χ0v) is 22.5. The molecule has 0 aliphatic heterocycles. The molecule has 4 aliphatic rings. The summed E-state index contributed by atoms with van der Waals surface area (Å²) in [4.78, 5) is 12.4. The van der Waals surface area contributed by atoms with E-state index in [-0.39, 0.29) is 16.9 Å². The first kappa shape index (κ1) is 24.7. The normalized spacial score (nSPS) is 44.5. The Kier molecular flexibility index (Phi) is 6.66. The van der Waals surface area contributed by atoms with Gasteiger partial charge in [0.1, 0.15) is 5.78 Å². The van der Waals surface area contributed by atoms with Crippen molar-refractivity contribution in [2.45, 2.75) is 97.7 Å². The van der Waals surface area contributed by atoms with Crippen molar-refractivity contribution < 1.29 is 18.4 Å². The maximum atomic E-state index is 12.7. The van der Waals surface area contributed by atoms with Crippen molar-refractivity contribution >= 4 is 14.0 Å². The summed E-state index contributed by atoms with van der Waals surface area (Å²) in [6.45, 7) is 9.28. The molecule has 0 bridgehead atoms. The van der Waals surface area contributed by atoms with Gasteiger partial charge in [-0.25, -0.2) is 0 Å². The molecule has 5 unspecified atom stereocenters. The molecular weight excluding hydrogens is 443 g/mol. The summed E-state index contributed by atoms with van der Waals surface area (Å²) in [6.07, 6.45) is 10.4. The number of hydrogen-bond donors (Lipinski definition) is 0. The first-order chi connectivity index (χ1) is 16.1. The van der Waals surface area contributed by atoms with Crippen LogP contribution in [-0.4, -0.2) is 11.4 Å². The van der Waals surface area contributed by atoms with Crippen LogP contribution in [-0.2, 0) is 25.0 Å². The van der Waals surface area contributed by atoms with Crippen molar-refractivity contribution in [2.24, 2.45) is 40.4 Å². The SMILES string of the molecule is CC(=O)[C@H]1CCC2C3CCC4C[C@](C)(O[PH](=O)OCc5ccccc5)CC[C@]4(C)C3CC[C@@]21C. The highest BCUT2D eigenvalue weighted by Crippen LogP contribution is 2.68. The molecule has 0 spiro atoms. The highest BCUT2D eigenvalue weighted by atomic mass is 31.1. The summed E-state index contributed by atoms with van der Waals surface area (Å²) in [5.41, 5.74) is 1.22. The van der Waals surface area contributed by atoms with Crippen molar-refractivity contribution in [3.05, 3.63) is 35.9 Å². The number of carbonyl (C=O) groups excluding carboxylic acids is 1. The average molecular weight is 487 g/mol.